The Labute approximate surface area is 163 Å². The van der Waals surface area contributed by atoms with Gasteiger partial charge >= 0.3 is 0 Å². The van der Waals surface area contributed by atoms with Gasteiger partial charge in [-0.15, -0.1) is 0 Å². The molecule has 3 nitrogen and oxygen atoms in total. The van der Waals surface area contributed by atoms with E-state index < -0.39 is 0 Å². The molecule has 0 N–H and O–H groups in total. The van der Waals surface area contributed by atoms with Gasteiger partial charge < -0.3 is 9.47 Å². The van der Waals surface area contributed by atoms with Crippen molar-refractivity contribution in [3.8, 4) is 5.69 Å². The zero-order valence-corrected chi connectivity index (χ0v) is 16.5. The molecule has 26 heavy (non-hydrogen) atoms. The SMILES string of the molecule is Cc1c(Cc2c(Cl)cccc2Cl)c(=O)ccn1-c1ccc(N(C)C)cc1. The van der Waals surface area contributed by atoms with Crippen LogP contribution >= 0.6 is 23.2 Å². The van der Waals surface area contributed by atoms with Crippen LogP contribution in [0.15, 0.2) is 59.5 Å². The Hall–Kier alpha value is -2.23. The summed E-state index contributed by atoms with van der Waals surface area (Å²) in [6, 6.07) is 15.2. The van der Waals surface area contributed by atoms with Crippen molar-refractivity contribution in [2.45, 2.75) is 13.3 Å². The Morgan fingerprint density at radius 2 is 1.54 bits per heavy atom. The first-order valence-electron chi connectivity index (χ1n) is 8.30. The van der Waals surface area contributed by atoms with Gasteiger partial charge in [0.2, 0.25) is 0 Å². The van der Waals surface area contributed by atoms with E-state index in [0.29, 0.717) is 22.0 Å². The zero-order valence-electron chi connectivity index (χ0n) is 15.0. The van der Waals surface area contributed by atoms with Crippen LogP contribution in [-0.4, -0.2) is 18.7 Å². The number of hydrogen-bond acceptors (Lipinski definition) is 2. The molecule has 5 heteroatoms. The van der Waals surface area contributed by atoms with Crippen molar-refractivity contribution in [2.75, 3.05) is 19.0 Å². The van der Waals surface area contributed by atoms with E-state index in [1.165, 1.54) is 0 Å². The van der Waals surface area contributed by atoms with E-state index >= 15 is 0 Å². The molecule has 0 spiro atoms. The van der Waals surface area contributed by atoms with Gasteiger partial charge in [0.1, 0.15) is 0 Å². The van der Waals surface area contributed by atoms with Gasteiger partial charge in [0.05, 0.1) is 0 Å². The van der Waals surface area contributed by atoms with Crippen molar-refractivity contribution in [3.05, 3.63) is 91.8 Å². The largest absolute Gasteiger partial charge is 0.378 e. The second-order valence-corrected chi connectivity index (χ2v) is 7.22. The third-order valence-electron chi connectivity index (χ3n) is 4.53. The predicted octanol–water partition coefficient (Wildman–Crippen LogP) is 5.11. The molecular formula is C21H20Cl2N2O. The molecule has 0 radical (unpaired) electrons. The Bertz CT molecular complexity index is 972. The molecule has 2 aromatic carbocycles. The third-order valence-corrected chi connectivity index (χ3v) is 5.24. The summed E-state index contributed by atoms with van der Waals surface area (Å²) in [6.07, 6.45) is 2.21. The summed E-state index contributed by atoms with van der Waals surface area (Å²) >= 11 is 12.6. The van der Waals surface area contributed by atoms with Crippen molar-refractivity contribution in [1.29, 1.82) is 0 Å². The van der Waals surface area contributed by atoms with Gasteiger partial charge in [0, 0.05) is 65.5 Å². The molecule has 0 aliphatic heterocycles. The Morgan fingerprint density at radius 3 is 2.12 bits per heavy atom. The molecule has 0 aliphatic carbocycles. The van der Waals surface area contributed by atoms with E-state index in [0.717, 1.165) is 22.6 Å². The van der Waals surface area contributed by atoms with Crippen molar-refractivity contribution in [2.24, 2.45) is 0 Å². The maximum Gasteiger partial charge on any atom is 0.185 e. The Balaban J connectivity index is 2.05. The molecule has 0 aliphatic rings. The van der Waals surface area contributed by atoms with Crippen molar-refractivity contribution in [1.82, 2.24) is 4.57 Å². The number of hydrogen-bond donors (Lipinski definition) is 0. The molecule has 3 rings (SSSR count). The summed E-state index contributed by atoms with van der Waals surface area (Å²) in [5.74, 6) is 0. The van der Waals surface area contributed by atoms with E-state index in [1.807, 2.05) is 42.6 Å². The smallest absolute Gasteiger partial charge is 0.185 e. The van der Waals surface area contributed by atoms with Gasteiger partial charge in [-0.05, 0) is 48.9 Å². The number of anilines is 1. The van der Waals surface area contributed by atoms with Crippen LogP contribution in [0.5, 0.6) is 0 Å². The van der Waals surface area contributed by atoms with Crippen LogP contribution in [0, 0.1) is 6.92 Å². The number of pyridine rings is 1. The lowest BCUT2D eigenvalue weighted by Crippen LogP contribution is -2.16. The summed E-state index contributed by atoms with van der Waals surface area (Å²) in [7, 11) is 4.01. The van der Waals surface area contributed by atoms with Crippen LogP contribution in [0.3, 0.4) is 0 Å². The summed E-state index contributed by atoms with van der Waals surface area (Å²) in [6.45, 7) is 1.95. The molecule has 0 atom stereocenters. The van der Waals surface area contributed by atoms with Crippen molar-refractivity contribution >= 4 is 28.9 Å². The highest BCUT2D eigenvalue weighted by atomic mass is 35.5. The van der Waals surface area contributed by atoms with E-state index in [-0.39, 0.29) is 5.43 Å². The number of rotatable bonds is 4. The highest BCUT2D eigenvalue weighted by Crippen LogP contribution is 2.27. The maximum absolute atomic E-state index is 12.5. The second kappa shape index (κ2) is 7.56. The van der Waals surface area contributed by atoms with E-state index in [4.69, 9.17) is 23.2 Å². The first kappa shape index (κ1) is 18.6. The fourth-order valence-corrected chi connectivity index (χ4v) is 3.49. The molecule has 0 bridgehead atoms. The molecule has 3 aromatic rings. The molecule has 0 saturated heterocycles. The molecule has 0 amide bonds. The fraction of sp³-hybridized carbons (Fsp3) is 0.190. The molecule has 0 saturated carbocycles. The molecular weight excluding hydrogens is 367 g/mol. The highest BCUT2D eigenvalue weighted by molar-refractivity contribution is 6.36. The summed E-state index contributed by atoms with van der Waals surface area (Å²) in [5.41, 5.74) is 4.46. The summed E-state index contributed by atoms with van der Waals surface area (Å²) < 4.78 is 2.01. The quantitative estimate of drug-likeness (QED) is 0.622. The normalized spacial score (nSPS) is 10.8. The van der Waals surface area contributed by atoms with Gasteiger partial charge in [0.25, 0.3) is 0 Å². The van der Waals surface area contributed by atoms with E-state index in [9.17, 15) is 4.79 Å². The maximum atomic E-state index is 12.5. The fourth-order valence-electron chi connectivity index (χ4n) is 2.96. The van der Waals surface area contributed by atoms with Gasteiger partial charge in [-0.25, -0.2) is 0 Å². The first-order chi connectivity index (χ1) is 12.4. The lowest BCUT2D eigenvalue weighted by atomic mass is 10.0. The predicted molar refractivity (Wildman–Crippen MR) is 110 cm³/mol. The lowest BCUT2D eigenvalue weighted by Gasteiger charge is -2.17. The number of aromatic nitrogens is 1. The van der Waals surface area contributed by atoms with Gasteiger partial charge in [-0.3, -0.25) is 4.79 Å². The minimum absolute atomic E-state index is 0.0142. The second-order valence-electron chi connectivity index (χ2n) is 6.40. The zero-order chi connectivity index (χ0) is 18.8. The average molecular weight is 387 g/mol. The molecule has 134 valence electrons. The average Bonchev–Trinajstić information content (AvgIpc) is 2.61. The number of benzene rings is 2. The van der Waals surface area contributed by atoms with Crippen LogP contribution < -0.4 is 10.3 Å². The van der Waals surface area contributed by atoms with Crippen molar-refractivity contribution in [3.63, 3.8) is 0 Å². The van der Waals surface area contributed by atoms with E-state index in [2.05, 4.69) is 12.1 Å². The topological polar surface area (TPSA) is 25.2 Å². The lowest BCUT2D eigenvalue weighted by molar-refractivity contribution is 0.930. The standard InChI is InChI=1S/C21H20Cl2N2O/c1-14-17(13-18-19(22)5-4-6-20(18)23)21(26)11-12-25(14)16-9-7-15(8-10-16)24(2)3/h4-12H,13H2,1-3H3. The Morgan fingerprint density at radius 1 is 0.923 bits per heavy atom. The van der Waals surface area contributed by atoms with Gasteiger partial charge in [-0.1, -0.05) is 29.3 Å². The third kappa shape index (κ3) is 3.64. The number of halogens is 2. The molecule has 1 heterocycles. The molecule has 0 fully saturated rings. The van der Waals surface area contributed by atoms with E-state index in [1.54, 1.807) is 30.5 Å². The number of nitrogens with zero attached hydrogens (tertiary/aromatic N) is 2. The highest BCUT2D eigenvalue weighted by Gasteiger charge is 2.13. The summed E-state index contributed by atoms with van der Waals surface area (Å²) in [5, 5.41) is 1.14. The van der Waals surface area contributed by atoms with Gasteiger partial charge in [-0.2, -0.15) is 0 Å². The van der Waals surface area contributed by atoms with Crippen molar-refractivity contribution < 1.29 is 0 Å². The van der Waals surface area contributed by atoms with Crippen LogP contribution in [-0.2, 0) is 6.42 Å². The van der Waals surface area contributed by atoms with Crippen LogP contribution in [0.25, 0.3) is 5.69 Å². The van der Waals surface area contributed by atoms with Crippen LogP contribution in [0.2, 0.25) is 10.0 Å². The Kier molecular flexibility index (Phi) is 5.40. The first-order valence-corrected chi connectivity index (χ1v) is 9.06. The molecule has 0 unspecified atom stereocenters. The minimum Gasteiger partial charge on any atom is -0.378 e. The van der Waals surface area contributed by atoms with Gasteiger partial charge in [0.15, 0.2) is 5.43 Å². The van der Waals surface area contributed by atoms with Crippen LogP contribution in [0.1, 0.15) is 16.8 Å². The molecule has 1 aromatic heterocycles. The minimum atomic E-state index is -0.0142. The van der Waals surface area contributed by atoms with Crippen LogP contribution in [0.4, 0.5) is 5.69 Å². The monoisotopic (exact) mass is 386 g/mol. The summed E-state index contributed by atoms with van der Waals surface area (Å²) in [4.78, 5) is 14.5.